The summed E-state index contributed by atoms with van der Waals surface area (Å²) in [5.41, 5.74) is -0.959. The van der Waals surface area contributed by atoms with Gasteiger partial charge in [-0.2, -0.15) is 0 Å². The number of nitrogens with one attached hydrogen (secondary N) is 1. The van der Waals surface area contributed by atoms with E-state index in [-0.39, 0.29) is 6.61 Å². The van der Waals surface area contributed by atoms with Crippen molar-refractivity contribution >= 4 is 5.97 Å². The lowest BCUT2D eigenvalue weighted by Gasteiger charge is -2.26. The lowest BCUT2D eigenvalue weighted by atomic mass is 10.0. The molecule has 0 aromatic rings. The van der Waals surface area contributed by atoms with E-state index in [9.17, 15) is 9.90 Å². The average molecular weight is 259 g/mol. The molecule has 0 radical (unpaired) electrons. The highest BCUT2D eigenvalue weighted by atomic mass is 16.5. The number of carboxylic acid groups (broad SMARTS) is 1. The van der Waals surface area contributed by atoms with Crippen LogP contribution in [0.2, 0.25) is 0 Å². The van der Waals surface area contributed by atoms with Gasteiger partial charge in [0.25, 0.3) is 0 Å². The van der Waals surface area contributed by atoms with Crippen molar-refractivity contribution in [3.63, 3.8) is 0 Å². The summed E-state index contributed by atoms with van der Waals surface area (Å²) >= 11 is 0. The van der Waals surface area contributed by atoms with Crippen molar-refractivity contribution in [3.05, 3.63) is 0 Å². The molecule has 1 unspecified atom stereocenters. The second-order valence-electron chi connectivity index (χ2n) is 5.03. The van der Waals surface area contributed by atoms with Crippen LogP contribution >= 0.6 is 0 Å². The summed E-state index contributed by atoms with van der Waals surface area (Å²) in [4.78, 5) is 11.2. The molecule has 2 N–H and O–H groups in total. The molecule has 18 heavy (non-hydrogen) atoms. The molecule has 0 bridgehead atoms. The summed E-state index contributed by atoms with van der Waals surface area (Å²) in [6.45, 7) is 7.47. The van der Waals surface area contributed by atoms with E-state index < -0.39 is 11.5 Å². The van der Waals surface area contributed by atoms with Gasteiger partial charge in [-0.3, -0.25) is 4.79 Å². The maximum absolute atomic E-state index is 11.2. The molecule has 4 heteroatoms. The van der Waals surface area contributed by atoms with Gasteiger partial charge < -0.3 is 15.2 Å². The Morgan fingerprint density at radius 3 is 2.39 bits per heavy atom. The lowest BCUT2D eigenvalue weighted by molar-refractivity contribution is -0.146. The summed E-state index contributed by atoms with van der Waals surface area (Å²) in [6.07, 6.45) is 6.84. The van der Waals surface area contributed by atoms with Crippen LogP contribution in [0.15, 0.2) is 0 Å². The van der Waals surface area contributed by atoms with E-state index in [2.05, 4.69) is 12.2 Å². The van der Waals surface area contributed by atoms with E-state index in [4.69, 9.17) is 4.74 Å². The van der Waals surface area contributed by atoms with Crippen LogP contribution in [0.3, 0.4) is 0 Å². The van der Waals surface area contributed by atoms with Gasteiger partial charge in [0, 0.05) is 6.61 Å². The zero-order chi connectivity index (χ0) is 13.9. The second-order valence-corrected chi connectivity index (χ2v) is 5.03. The first-order valence-electron chi connectivity index (χ1n) is 7.13. The van der Waals surface area contributed by atoms with Crippen molar-refractivity contribution < 1.29 is 14.6 Å². The fourth-order valence-electron chi connectivity index (χ4n) is 1.67. The van der Waals surface area contributed by atoms with Crippen LogP contribution in [-0.2, 0) is 9.53 Å². The zero-order valence-corrected chi connectivity index (χ0v) is 12.1. The Morgan fingerprint density at radius 2 is 1.83 bits per heavy atom. The highest BCUT2D eigenvalue weighted by Crippen LogP contribution is 2.07. The van der Waals surface area contributed by atoms with Gasteiger partial charge in [-0.05, 0) is 26.3 Å². The number of ether oxygens (including phenoxy) is 1. The fraction of sp³-hybridized carbons (Fsp3) is 0.929. The topological polar surface area (TPSA) is 58.6 Å². The molecule has 108 valence electrons. The van der Waals surface area contributed by atoms with E-state index in [1.54, 1.807) is 6.92 Å². The summed E-state index contributed by atoms with van der Waals surface area (Å²) < 4.78 is 5.49. The third-order valence-corrected chi connectivity index (χ3v) is 3.02. The Morgan fingerprint density at radius 1 is 1.17 bits per heavy atom. The molecule has 0 aromatic heterocycles. The van der Waals surface area contributed by atoms with Crippen LogP contribution in [0.5, 0.6) is 0 Å². The number of hydrogen-bond acceptors (Lipinski definition) is 3. The SMILES string of the molecule is CCCCCCCOCC(C)(NCCC)C(=O)O. The average Bonchev–Trinajstić information content (AvgIpc) is 2.35. The maximum atomic E-state index is 11.2. The molecule has 0 rings (SSSR count). The van der Waals surface area contributed by atoms with Crippen LogP contribution in [0, 0.1) is 0 Å². The number of carbonyl (C=O) groups is 1. The third kappa shape index (κ3) is 7.67. The second kappa shape index (κ2) is 10.3. The van der Waals surface area contributed by atoms with Crippen molar-refractivity contribution in [3.8, 4) is 0 Å². The minimum atomic E-state index is -0.959. The maximum Gasteiger partial charge on any atom is 0.326 e. The molecule has 0 aromatic carbocycles. The largest absolute Gasteiger partial charge is 0.480 e. The van der Waals surface area contributed by atoms with Gasteiger partial charge in [0.1, 0.15) is 5.54 Å². The number of hydrogen-bond donors (Lipinski definition) is 2. The number of unbranched alkanes of at least 4 members (excludes halogenated alkanes) is 4. The molecule has 0 aliphatic carbocycles. The van der Waals surface area contributed by atoms with Crippen LogP contribution < -0.4 is 5.32 Å². The van der Waals surface area contributed by atoms with Crippen molar-refractivity contribution in [2.75, 3.05) is 19.8 Å². The molecule has 0 fully saturated rings. The van der Waals surface area contributed by atoms with Gasteiger partial charge in [-0.25, -0.2) is 0 Å². The monoisotopic (exact) mass is 259 g/mol. The van der Waals surface area contributed by atoms with Crippen LogP contribution in [0.25, 0.3) is 0 Å². The molecule has 0 saturated carbocycles. The van der Waals surface area contributed by atoms with Gasteiger partial charge >= 0.3 is 5.97 Å². The van der Waals surface area contributed by atoms with Crippen LogP contribution in [0.4, 0.5) is 0 Å². The molecule has 0 aliphatic heterocycles. The highest BCUT2D eigenvalue weighted by molar-refractivity contribution is 5.78. The van der Waals surface area contributed by atoms with E-state index in [0.717, 1.165) is 12.8 Å². The highest BCUT2D eigenvalue weighted by Gasteiger charge is 2.32. The quantitative estimate of drug-likeness (QED) is 0.529. The molecule has 0 spiro atoms. The van der Waals surface area contributed by atoms with E-state index in [0.29, 0.717) is 13.2 Å². The number of carboxylic acids is 1. The Bertz CT molecular complexity index is 221. The Kier molecular flexibility index (Phi) is 9.98. The predicted molar refractivity (Wildman–Crippen MR) is 73.9 cm³/mol. The molecule has 1 atom stereocenters. The molecule has 4 nitrogen and oxygen atoms in total. The summed E-state index contributed by atoms with van der Waals surface area (Å²) in [6, 6.07) is 0. The van der Waals surface area contributed by atoms with Crippen LogP contribution in [-0.4, -0.2) is 36.4 Å². The molecule has 0 heterocycles. The lowest BCUT2D eigenvalue weighted by Crippen LogP contribution is -2.53. The minimum Gasteiger partial charge on any atom is -0.480 e. The molecule has 0 aliphatic rings. The Hall–Kier alpha value is -0.610. The van der Waals surface area contributed by atoms with Crippen molar-refractivity contribution in [2.24, 2.45) is 0 Å². The summed E-state index contributed by atoms with van der Waals surface area (Å²) in [5, 5.41) is 12.2. The standard InChI is InChI=1S/C14H29NO3/c1-4-6-7-8-9-11-18-12-14(3,13(16)17)15-10-5-2/h15H,4-12H2,1-3H3,(H,16,17). The van der Waals surface area contributed by atoms with Crippen molar-refractivity contribution in [1.82, 2.24) is 5.32 Å². The van der Waals surface area contributed by atoms with Crippen molar-refractivity contribution in [1.29, 1.82) is 0 Å². The molecular weight excluding hydrogens is 230 g/mol. The number of rotatable bonds is 12. The smallest absolute Gasteiger partial charge is 0.326 e. The van der Waals surface area contributed by atoms with Gasteiger partial charge in [0.05, 0.1) is 6.61 Å². The Balaban J connectivity index is 3.73. The van der Waals surface area contributed by atoms with E-state index in [1.165, 1.54) is 25.7 Å². The fourth-order valence-corrected chi connectivity index (χ4v) is 1.67. The van der Waals surface area contributed by atoms with E-state index >= 15 is 0 Å². The summed E-state index contributed by atoms with van der Waals surface area (Å²) in [7, 11) is 0. The van der Waals surface area contributed by atoms with Crippen LogP contribution in [0.1, 0.15) is 59.3 Å². The first-order valence-corrected chi connectivity index (χ1v) is 7.13. The van der Waals surface area contributed by atoms with Gasteiger partial charge in [-0.15, -0.1) is 0 Å². The van der Waals surface area contributed by atoms with Gasteiger partial charge in [0.15, 0.2) is 0 Å². The first kappa shape index (κ1) is 17.4. The predicted octanol–water partition coefficient (Wildman–Crippen LogP) is 2.82. The van der Waals surface area contributed by atoms with Gasteiger partial charge in [0.2, 0.25) is 0 Å². The third-order valence-electron chi connectivity index (χ3n) is 3.02. The molecular formula is C14H29NO3. The van der Waals surface area contributed by atoms with Crippen molar-refractivity contribution in [2.45, 2.75) is 64.8 Å². The van der Waals surface area contributed by atoms with Gasteiger partial charge in [-0.1, -0.05) is 39.5 Å². The number of aliphatic carboxylic acids is 1. The minimum absolute atomic E-state index is 0.232. The van der Waals surface area contributed by atoms with E-state index in [1.807, 2.05) is 6.92 Å². The first-order chi connectivity index (χ1) is 8.56. The normalized spacial score (nSPS) is 14.4. The zero-order valence-electron chi connectivity index (χ0n) is 12.1. The summed E-state index contributed by atoms with van der Waals surface area (Å²) in [5.74, 6) is -0.845. The molecule has 0 amide bonds. The Labute approximate surface area is 111 Å². The molecule has 0 saturated heterocycles.